The number of nitrogens with two attached hydrogens (primary N) is 1. The van der Waals surface area contributed by atoms with Gasteiger partial charge in [0.1, 0.15) is 16.7 Å². The van der Waals surface area contributed by atoms with E-state index in [2.05, 4.69) is 27.1 Å². The summed E-state index contributed by atoms with van der Waals surface area (Å²) in [5, 5.41) is 10.0. The van der Waals surface area contributed by atoms with Crippen LogP contribution in [0.2, 0.25) is 0 Å². The highest BCUT2D eigenvalue weighted by atomic mass is 32.2. The Morgan fingerprint density at radius 2 is 2.00 bits per heavy atom. The van der Waals surface area contributed by atoms with E-state index in [1.807, 2.05) is 25.9 Å². The second-order valence-electron chi connectivity index (χ2n) is 4.55. The molecule has 2 heterocycles. The average Bonchev–Trinajstić information content (AvgIpc) is 2.84. The molecule has 0 aromatic carbocycles. The molecule has 2 rings (SSSR count). The van der Waals surface area contributed by atoms with Crippen LogP contribution in [0, 0.1) is 6.92 Å². The third-order valence-electron chi connectivity index (χ3n) is 2.62. The fraction of sp³-hybridized carbons (Fsp3) is 0.500. The van der Waals surface area contributed by atoms with Crippen LogP contribution < -0.4 is 10.6 Å². The van der Waals surface area contributed by atoms with E-state index in [0.29, 0.717) is 5.82 Å². The number of aryl methyl sites for hydroxylation is 1. The Bertz CT molecular complexity index is 596. The molecule has 0 bridgehead atoms. The van der Waals surface area contributed by atoms with Gasteiger partial charge in [-0.05, 0) is 25.1 Å². The maximum atomic E-state index is 5.95. The van der Waals surface area contributed by atoms with Gasteiger partial charge in [0, 0.05) is 26.1 Å². The van der Waals surface area contributed by atoms with E-state index in [1.54, 1.807) is 0 Å². The average molecular weight is 310 g/mol. The summed E-state index contributed by atoms with van der Waals surface area (Å²) < 4.78 is 0.859. The Hall–Kier alpha value is -1.41. The van der Waals surface area contributed by atoms with Crippen molar-refractivity contribution in [2.24, 2.45) is 0 Å². The Morgan fingerprint density at radius 1 is 1.25 bits per heavy atom. The zero-order valence-corrected chi connectivity index (χ0v) is 13.7. The summed E-state index contributed by atoms with van der Waals surface area (Å²) in [6.45, 7) is 4.03. The molecule has 0 aliphatic rings. The van der Waals surface area contributed by atoms with Crippen LogP contribution in [0.25, 0.3) is 0 Å². The summed E-state index contributed by atoms with van der Waals surface area (Å²) in [6.07, 6.45) is 1.83. The largest absolute Gasteiger partial charge is 0.383 e. The fourth-order valence-corrected chi connectivity index (χ4v) is 3.29. The summed E-state index contributed by atoms with van der Waals surface area (Å²) in [4.78, 5) is 10.8. The SMILES string of the molecule is CCCc1nc(N)c(C)c(Sc2nnc(N(C)C)s2)n1. The summed E-state index contributed by atoms with van der Waals surface area (Å²) >= 11 is 3.03. The van der Waals surface area contributed by atoms with Gasteiger partial charge in [-0.1, -0.05) is 18.3 Å². The minimum absolute atomic E-state index is 0.545. The monoisotopic (exact) mass is 310 g/mol. The summed E-state index contributed by atoms with van der Waals surface area (Å²) in [7, 11) is 3.89. The molecule has 2 N–H and O–H groups in total. The first-order chi connectivity index (χ1) is 9.51. The quantitative estimate of drug-likeness (QED) is 0.849. The molecule has 20 heavy (non-hydrogen) atoms. The van der Waals surface area contributed by atoms with Gasteiger partial charge in [0.25, 0.3) is 0 Å². The third-order valence-corrected chi connectivity index (χ3v) is 4.85. The zero-order valence-electron chi connectivity index (χ0n) is 12.0. The van der Waals surface area contributed by atoms with Crippen LogP contribution in [0.4, 0.5) is 10.9 Å². The molecular formula is C12H18N6S2. The van der Waals surface area contributed by atoms with Crippen molar-refractivity contribution in [3.63, 3.8) is 0 Å². The minimum atomic E-state index is 0.545. The molecule has 0 fully saturated rings. The van der Waals surface area contributed by atoms with Gasteiger partial charge in [0.15, 0.2) is 4.34 Å². The molecular weight excluding hydrogens is 292 g/mol. The second kappa shape index (κ2) is 6.36. The highest BCUT2D eigenvalue weighted by Gasteiger charge is 2.13. The highest BCUT2D eigenvalue weighted by molar-refractivity contribution is 8.01. The molecule has 0 saturated heterocycles. The number of nitrogen functional groups attached to an aromatic ring is 1. The van der Waals surface area contributed by atoms with Gasteiger partial charge in [0.2, 0.25) is 5.13 Å². The molecule has 0 saturated carbocycles. The van der Waals surface area contributed by atoms with Gasteiger partial charge < -0.3 is 10.6 Å². The van der Waals surface area contributed by atoms with E-state index in [1.165, 1.54) is 23.1 Å². The fourth-order valence-electron chi connectivity index (χ4n) is 1.50. The van der Waals surface area contributed by atoms with Gasteiger partial charge in [-0.25, -0.2) is 9.97 Å². The Kier molecular flexibility index (Phi) is 4.77. The van der Waals surface area contributed by atoms with Gasteiger partial charge in [-0.3, -0.25) is 0 Å². The van der Waals surface area contributed by atoms with E-state index in [0.717, 1.165) is 38.7 Å². The maximum absolute atomic E-state index is 5.95. The number of anilines is 2. The molecule has 0 radical (unpaired) electrons. The normalized spacial score (nSPS) is 10.8. The Morgan fingerprint density at radius 3 is 2.60 bits per heavy atom. The second-order valence-corrected chi connectivity index (χ2v) is 6.74. The van der Waals surface area contributed by atoms with E-state index < -0.39 is 0 Å². The van der Waals surface area contributed by atoms with E-state index in [9.17, 15) is 0 Å². The first-order valence-corrected chi connectivity index (χ1v) is 7.96. The topological polar surface area (TPSA) is 80.8 Å². The Balaban J connectivity index is 2.27. The maximum Gasteiger partial charge on any atom is 0.208 e. The van der Waals surface area contributed by atoms with Gasteiger partial charge in [-0.2, -0.15) is 0 Å². The van der Waals surface area contributed by atoms with Crippen molar-refractivity contribution in [3.05, 3.63) is 11.4 Å². The summed E-state index contributed by atoms with van der Waals surface area (Å²) in [6, 6.07) is 0. The van der Waals surface area contributed by atoms with E-state index >= 15 is 0 Å². The standard InChI is InChI=1S/C12H18N6S2/c1-5-6-8-14-9(13)7(2)10(15-8)19-12-17-16-11(20-12)18(3)4/h5-6H2,1-4H3,(H2,13,14,15). The number of aromatic nitrogens is 4. The van der Waals surface area contributed by atoms with Crippen molar-refractivity contribution in [3.8, 4) is 0 Å². The van der Waals surface area contributed by atoms with Crippen molar-refractivity contribution < 1.29 is 0 Å². The van der Waals surface area contributed by atoms with Crippen LogP contribution in [-0.2, 0) is 6.42 Å². The Labute approximate surface area is 126 Å². The molecule has 108 valence electrons. The van der Waals surface area contributed by atoms with Crippen LogP contribution >= 0.6 is 23.1 Å². The van der Waals surface area contributed by atoms with Gasteiger partial charge in [-0.15, -0.1) is 10.2 Å². The number of hydrogen-bond acceptors (Lipinski definition) is 8. The molecule has 8 heteroatoms. The molecule has 0 amide bonds. The van der Waals surface area contributed by atoms with Crippen molar-refractivity contribution in [1.82, 2.24) is 20.2 Å². The molecule has 0 aliphatic heterocycles. The summed E-state index contributed by atoms with van der Waals surface area (Å²) in [5.41, 5.74) is 6.85. The van der Waals surface area contributed by atoms with Crippen LogP contribution in [0.1, 0.15) is 24.7 Å². The smallest absolute Gasteiger partial charge is 0.208 e. The van der Waals surface area contributed by atoms with Crippen LogP contribution in [0.3, 0.4) is 0 Å². The molecule has 0 aliphatic carbocycles. The molecule has 2 aromatic rings. The number of nitrogens with zero attached hydrogens (tertiary/aromatic N) is 5. The lowest BCUT2D eigenvalue weighted by Crippen LogP contribution is -2.07. The van der Waals surface area contributed by atoms with Gasteiger partial charge in [0.05, 0.1) is 0 Å². The summed E-state index contributed by atoms with van der Waals surface area (Å²) in [5.74, 6) is 1.33. The predicted octanol–water partition coefficient (Wildman–Crippen LogP) is 2.39. The molecule has 6 nitrogen and oxygen atoms in total. The molecule has 0 unspecified atom stereocenters. The minimum Gasteiger partial charge on any atom is -0.383 e. The number of rotatable bonds is 5. The van der Waals surface area contributed by atoms with Crippen LogP contribution in [0.15, 0.2) is 9.37 Å². The molecule has 2 aromatic heterocycles. The van der Waals surface area contributed by atoms with E-state index in [-0.39, 0.29) is 0 Å². The predicted molar refractivity (Wildman–Crippen MR) is 83.5 cm³/mol. The lowest BCUT2D eigenvalue weighted by Gasteiger charge is -2.07. The third kappa shape index (κ3) is 3.37. The molecule has 0 spiro atoms. The lowest BCUT2D eigenvalue weighted by molar-refractivity contribution is 0.805. The number of hydrogen-bond donors (Lipinski definition) is 1. The van der Waals surface area contributed by atoms with Crippen molar-refractivity contribution in [2.45, 2.75) is 36.1 Å². The van der Waals surface area contributed by atoms with Crippen LogP contribution in [-0.4, -0.2) is 34.3 Å². The first kappa shape index (κ1) is 15.0. The first-order valence-electron chi connectivity index (χ1n) is 6.33. The van der Waals surface area contributed by atoms with Gasteiger partial charge >= 0.3 is 0 Å². The van der Waals surface area contributed by atoms with Crippen LogP contribution in [0.5, 0.6) is 0 Å². The van der Waals surface area contributed by atoms with Crippen molar-refractivity contribution in [1.29, 1.82) is 0 Å². The van der Waals surface area contributed by atoms with Crippen molar-refractivity contribution in [2.75, 3.05) is 24.7 Å². The zero-order chi connectivity index (χ0) is 14.7. The van der Waals surface area contributed by atoms with Crippen molar-refractivity contribution >= 4 is 34.0 Å². The van der Waals surface area contributed by atoms with E-state index in [4.69, 9.17) is 5.73 Å². The highest BCUT2D eigenvalue weighted by Crippen LogP contribution is 2.34. The molecule has 0 atom stereocenters. The lowest BCUT2D eigenvalue weighted by atomic mass is 10.3.